The van der Waals surface area contributed by atoms with Crippen LogP contribution in [0.1, 0.15) is 5.56 Å². The fraction of sp³-hybridized carbons (Fsp3) is 0.261. The van der Waals surface area contributed by atoms with Gasteiger partial charge in [0.05, 0.1) is 0 Å². The molecule has 0 N–H and O–H groups in total. The van der Waals surface area contributed by atoms with Crippen LogP contribution in [0, 0.1) is 0 Å². The number of aromatic nitrogens is 4. The van der Waals surface area contributed by atoms with Crippen LogP contribution in [0.15, 0.2) is 60.7 Å². The highest BCUT2D eigenvalue weighted by molar-refractivity contribution is 5.59. The Morgan fingerprint density at radius 2 is 1.65 bits per heavy atom. The van der Waals surface area contributed by atoms with E-state index in [0.717, 1.165) is 67.1 Å². The third kappa shape index (κ3) is 3.44. The lowest BCUT2D eigenvalue weighted by Gasteiger charge is -2.35. The monoisotopic (exact) mass is 414 g/mol. The fourth-order valence-electron chi connectivity index (χ4n) is 4.15. The van der Waals surface area contributed by atoms with Gasteiger partial charge in [0, 0.05) is 38.3 Å². The smallest absolute Gasteiger partial charge is 0.231 e. The van der Waals surface area contributed by atoms with E-state index in [1.807, 2.05) is 53.0 Å². The van der Waals surface area contributed by atoms with Crippen LogP contribution in [0.2, 0.25) is 0 Å². The fourth-order valence-corrected chi connectivity index (χ4v) is 4.15. The summed E-state index contributed by atoms with van der Waals surface area (Å²) in [6.07, 6.45) is 0. The minimum absolute atomic E-state index is 0.313. The molecule has 2 aliphatic heterocycles. The molecular weight excluding hydrogens is 392 g/mol. The average Bonchev–Trinajstić information content (AvgIpc) is 3.46. The summed E-state index contributed by atoms with van der Waals surface area (Å²) in [6, 6.07) is 20.3. The van der Waals surface area contributed by atoms with Crippen molar-refractivity contribution < 1.29 is 9.47 Å². The number of anilines is 1. The van der Waals surface area contributed by atoms with Crippen molar-refractivity contribution in [3.63, 3.8) is 0 Å². The number of benzene rings is 2. The predicted molar refractivity (Wildman–Crippen MR) is 116 cm³/mol. The average molecular weight is 414 g/mol. The Balaban J connectivity index is 1.16. The normalized spacial score (nSPS) is 16.2. The highest BCUT2D eigenvalue weighted by Gasteiger charge is 2.21. The van der Waals surface area contributed by atoms with Gasteiger partial charge in [-0.15, -0.1) is 15.3 Å². The second kappa shape index (κ2) is 7.55. The van der Waals surface area contributed by atoms with Crippen molar-refractivity contribution in [1.29, 1.82) is 0 Å². The Kier molecular flexibility index (Phi) is 4.42. The van der Waals surface area contributed by atoms with E-state index in [4.69, 9.17) is 14.6 Å². The maximum atomic E-state index is 5.50. The van der Waals surface area contributed by atoms with Crippen LogP contribution >= 0.6 is 0 Å². The van der Waals surface area contributed by atoms with Crippen LogP contribution in [0.5, 0.6) is 11.5 Å². The van der Waals surface area contributed by atoms with Crippen molar-refractivity contribution in [3.05, 3.63) is 66.2 Å². The molecule has 2 aromatic heterocycles. The molecule has 1 fully saturated rings. The summed E-state index contributed by atoms with van der Waals surface area (Å²) in [6.45, 7) is 5.01. The Morgan fingerprint density at radius 3 is 2.52 bits per heavy atom. The first-order valence-corrected chi connectivity index (χ1v) is 10.5. The molecule has 4 aromatic rings. The highest BCUT2D eigenvalue weighted by Crippen LogP contribution is 2.33. The molecule has 0 saturated carbocycles. The first-order chi connectivity index (χ1) is 15.3. The molecule has 6 rings (SSSR count). The SMILES string of the molecule is c1ccc(-c2nnc3ccc(N4CCN(Cc5ccc6c(c5)OCO6)CC4)nn23)cc1. The van der Waals surface area contributed by atoms with Crippen molar-refractivity contribution in [2.75, 3.05) is 37.9 Å². The molecule has 31 heavy (non-hydrogen) atoms. The largest absolute Gasteiger partial charge is 0.454 e. The third-order valence-electron chi connectivity index (χ3n) is 5.82. The molecular formula is C23H22N6O2. The lowest BCUT2D eigenvalue weighted by Crippen LogP contribution is -2.46. The number of rotatable bonds is 4. The highest BCUT2D eigenvalue weighted by atomic mass is 16.7. The van der Waals surface area contributed by atoms with E-state index < -0.39 is 0 Å². The molecule has 8 nitrogen and oxygen atoms in total. The predicted octanol–water partition coefficient (Wildman–Crippen LogP) is 2.84. The van der Waals surface area contributed by atoms with Crippen molar-refractivity contribution in [3.8, 4) is 22.9 Å². The van der Waals surface area contributed by atoms with Crippen molar-refractivity contribution >= 4 is 11.5 Å². The number of nitrogens with zero attached hydrogens (tertiary/aromatic N) is 6. The van der Waals surface area contributed by atoms with Crippen molar-refractivity contribution in [2.24, 2.45) is 0 Å². The summed E-state index contributed by atoms with van der Waals surface area (Å²) < 4.78 is 12.7. The molecule has 0 unspecified atom stereocenters. The van der Waals surface area contributed by atoms with Gasteiger partial charge in [-0.3, -0.25) is 4.90 Å². The van der Waals surface area contributed by atoms with Crippen LogP contribution in [0.4, 0.5) is 5.82 Å². The van der Waals surface area contributed by atoms with E-state index in [1.165, 1.54) is 5.56 Å². The Hall–Kier alpha value is -3.65. The zero-order valence-corrected chi connectivity index (χ0v) is 17.0. The maximum Gasteiger partial charge on any atom is 0.231 e. The van der Waals surface area contributed by atoms with E-state index >= 15 is 0 Å². The molecule has 0 atom stereocenters. The molecule has 0 amide bonds. The summed E-state index contributed by atoms with van der Waals surface area (Å²) in [5.41, 5.74) is 3.01. The Bertz CT molecular complexity index is 1220. The number of fused-ring (bicyclic) bond motifs is 2. The third-order valence-corrected chi connectivity index (χ3v) is 5.82. The second-order valence-electron chi connectivity index (χ2n) is 7.80. The minimum atomic E-state index is 0.313. The standard InChI is InChI=1S/C23H22N6O2/c1-2-4-18(5-3-1)23-25-24-21-8-9-22(26-29(21)23)28-12-10-27(11-13-28)15-17-6-7-19-20(14-17)31-16-30-19/h1-9,14H,10-13,15-16H2. The first-order valence-electron chi connectivity index (χ1n) is 10.5. The van der Waals surface area contributed by atoms with Crippen LogP contribution in [0.25, 0.3) is 17.0 Å². The van der Waals surface area contributed by atoms with Gasteiger partial charge in [-0.25, -0.2) is 0 Å². The molecule has 0 spiro atoms. The van der Waals surface area contributed by atoms with Crippen LogP contribution in [0.3, 0.4) is 0 Å². The Labute approximate surface area is 179 Å². The van der Waals surface area contributed by atoms with Gasteiger partial charge < -0.3 is 14.4 Å². The van der Waals surface area contributed by atoms with E-state index in [1.54, 1.807) is 0 Å². The summed E-state index contributed by atoms with van der Waals surface area (Å²) in [7, 11) is 0. The molecule has 2 aromatic carbocycles. The summed E-state index contributed by atoms with van der Waals surface area (Å²) >= 11 is 0. The summed E-state index contributed by atoms with van der Waals surface area (Å²) in [5, 5.41) is 13.5. The van der Waals surface area contributed by atoms with E-state index in [-0.39, 0.29) is 0 Å². The van der Waals surface area contributed by atoms with Gasteiger partial charge in [0.1, 0.15) is 5.82 Å². The molecule has 1 saturated heterocycles. The Morgan fingerprint density at radius 1 is 0.806 bits per heavy atom. The van der Waals surface area contributed by atoms with Gasteiger partial charge >= 0.3 is 0 Å². The molecule has 0 radical (unpaired) electrons. The molecule has 0 aliphatic carbocycles. The summed E-state index contributed by atoms with van der Waals surface area (Å²) in [5.74, 6) is 3.39. The molecule has 8 heteroatoms. The molecule has 4 heterocycles. The lowest BCUT2D eigenvalue weighted by atomic mass is 10.1. The van der Waals surface area contributed by atoms with Gasteiger partial charge in [-0.05, 0) is 29.8 Å². The van der Waals surface area contributed by atoms with Crippen LogP contribution < -0.4 is 14.4 Å². The molecule has 2 aliphatic rings. The van der Waals surface area contributed by atoms with E-state index in [2.05, 4.69) is 32.1 Å². The summed E-state index contributed by atoms with van der Waals surface area (Å²) in [4.78, 5) is 4.78. The zero-order chi connectivity index (χ0) is 20.6. The van der Waals surface area contributed by atoms with Crippen LogP contribution in [-0.4, -0.2) is 57.7 Å². The number of hydrogen-bond acceptors (Lipinski definition) is 7. The topological polar surface area (TPSA) is 68.0 Å². The van der Waals surface area contributed by atoms with Crippen molar-refractivity contribution in [2.45, 2.75) is 6.54 Å². The van der Waals surface area contributed by atoms with Crippen LogP contribution in [-0.2, 0) is 6.54 Å². The second-order valence-corrected chi connectivity index (χ2v) is 7.80. The number of hydrogen-bond donors (Lipinski definition) is 0. The molecule has 0 bridgehead atoms. The lowest BCUT2D eigenvalue weighted by molar-refractivity contribution is 0.174. The first kappa shape index (κ1) is 18.1. The van der Waals surface area contributed by atoms with Gasteiger partial charge in [0.15, 0.2) is 23.0 Å². The van der Waals surface area contributed by atoms with Crippen molar-refractivity contribution in [1.82, 2.24) is 24.7 Å². The quantitative estimate of drug-likeness (QED) is 0.509. The van der Waals surface area contributed by atoms with Gasteiger partial charge in [0.2, 0.25) is 6.79 Å². The molecule has 156 valence electrons. The van der Waals surface area contributed by atoms with E-state index in [0.29, 0.717) is 6.79 Å². The van der Waals surface area contributed by atoms with E-state index in [9.17, 15) is 0 Å². The van der Waals surface area contributed by atoms with Gasteiger partial charge in [-0.2, -0.15) is 4.52 Å². The van der Waals surface area contributed by atoms with Gasteiger partial charge in [0.25, 0.3) is 0 Å². The maximum absolute atomic E-state index is 5.50. The number of piperazine rings is 1. The number of ether oxygens (including phenoxy) is 2. The zero-order valence-electron chi connectivity index (χ0n) is 17.0. The minimum Gasteiger partial charge on any atom is -0.454 e. The van der Waals surface area contributed by atoms with Gasteiger partial charge in [-0.1, -0.05) is 36.4 Å².